The number of amides is 1. The summed E-state index contributed by atoms with van der Waals surface area (Å²) in [5.74, 6) is 2.15. The van der Waals surface area contributed by atoms with E-state index in [1.54, 1.807) is 7.11 Å². The summed E-state index contributed by atoms with van der Waals surface area (Å²) in [6.45, 7) is 1.11. The second-order valence-electron chi connectivity index (χ2n) is 8.69. The van der Waals surface area contributed by atoms with Crippen molar-refractivity contribution in [2.24, 2.45) is 0 Å². The molecule has 0 bridgehead atoms. The van der Waals surface area contributed by atoms with E-state index in [0.717, 1.165) is 39.3 Å². The maximum atomic E-state index is 12.9. The van der Waals surface area contributed by atoms with Crippen molar-refractivity contribution in [2.75, 3.05) is 23.9 Å². The van der Waals surface area contributed by atoms with Gasteiger partial charge in [-0.2, -0.15) is 0 Å². The molecule has 0 radical (unpaired) electrons. The number of para-hydroxylation sites is 1. The Morgan fingerprint density at radius 1 is 0.811 bits per heavy atom. The van der Waals surface area contributed by atoms with E-state index in [-0.39, 0.29) is 5.91 Å². The molecule has 0 fully saturated rings. The van der Waals surface area contributed by atoms with Crippen molar-refractivity contribution in [3.05, 3.63) is 115 Å². The van der Waals surface area contributed by atoms with E-state index in [9.17, 15) is 4.79 Å². The number of ether oxygens (including phenoxy) is 1. The minimum atomic E-state index is -0.0649. The van der Waals surface area contributed by atoms with E-state index in [2.05, 4.69) is 22.3 Å². The molecule has 1 amide bonds. The van der Waals surface area contributed by atoms with Gasteiger partial charge in [-0.25, -0.2) is 9.97 Å². The zero-order chi connectivity index (χ0) is 25.5. The standard InChI is InChI=1S/C31H28N4O2/c1-37-26-18-16-25(17-19-26)32-29(36)20-21-35(22-23-10-4-2-5-11-23)31-27-14-8-9-15-28(27)33-30(34-31)24-12-6-3-7-13-24/h2-19H,20-22H2,1H3,(H,32,36). The van der Waals surface area contributed by atoms with Crippen LogP contribution in [0.15, 0.2) is 109 Å². The first-order valence-corrected chi connectivity index (χ1v) is 12.2. The van der Waals surface area contributed by atoms with Crippen LogP contribution >= 0.6 is 0 Å². The number of benzene rings is 4. The Balaban J connectivity index is 1.46. The predicted molar refractivity (Wildman–Crippen MR) is 149 cm³/mol. The van der Waals surface area contributed by atoms with Gasteiger partial charge in [-0.3, -0.25) is 4.79 Å². The van der Waals surface area contributed by atoms with Crippen molar-refractivity contribution in [2.45, 2.75) is 13.0 Å². The number of nitrogens with one attached hydrogen (secondary N) is 1. The lowest BCUT2D eigenvalue weighted by Crippen LogP contribution is -2.28. The Morgan fingerprint density at radius 2 is 1.49 bits per heavy atom. The van der Waals surface area contributed by atoms with Crippen LogP contribution in [0.1, 0.15) is 12.0 Å². The van der Waals surface area contributed by atoms with E-state index in [4.69, 9.17) is 14.7 Å². The summed E-state index contributed by atoms with van der Waals surface area (Å²) in [5, 5.41) is 3.94. The quantitative estimate of drug-likeness (QED) is 0.262. The number of methoxy groups -OCH3 is 1. The van der Waals surface area contributed by atoms with Gasteiger partial charge in [0.1, 0.15) is 11.6 Å². The minimum Gasteiger partial charge on any atom is -0.497 e. The number of fused-ring (bicyclic) bond motifs is 1. The highest BCUT2D eigenvalue weighted by Gasteiger charge is 2.17. The van der Waals surface area contributed by atoms with E-state index in [1.807, 2.05) is 97.1 Å². The zero-order valence-corrected chi connectivity index (χ0v) is 20.7. The molecular formula is C31H28N4O2. The van der Waals surface area contributed by atoms with Gasteiger partial charge in [-0.15, -0.1) is 0 Å². The van der Waals surface area contributed by atoms with E-state index in [1.165, 1.54) is 0 Å². The Morgan fingerprint density at radius 3 is 2.22 bits per heavy atom. The fraction of sp³-hybridized carbons (Fsp3) is 0.129. The van der Waals surface area contributed by atoms with Gasteiger partial charge in [-0.05, 0) is 42.0 Å². The summed E-state index contributed by atoms with van der Waals surface area (Å²) >= 11 is 0. The number of carbonyl (C=O) groups is 1. The second kappa shape index (κ2) is 11.4. The molecule has 6 nitrogen and oxygen atoms in total. The van der Waals surface area contributed by atoms with Crippen LogP contribution in [0.4, 0.5) is 11.5 Å². The second-order valence-corrected chi connectivity index (χ2v) is 8.69. The van der Waals surface area contributed by atoms with Gasteiger partial charge < -0.3 is 15.0 Å². The number of aromatic nitrogens is 2. The van der Waals surface area contributed by atoms with Crippen LogP contribution in [0.3, 0.4) is 0 Å². The molecule has 184 valence electrons. The molecule has 0 spiro atoms. The molecule has 0 saturated heterocycles. The summed E-state index contributed by atoms with van der Waals surface area (Å²) in [4.78, 5) is 24.9. The largest absolute Gasteiger partial charge is 0.497 e. The molecule has 4 aromatic carbocycles. The van der Waals surface area contributed by atoms with Crippen LogP contribution in [0, 0.1) is 0 Å². The van der Waals surface area contributed by atoms with Crippen molar-refractivity contribution < 1.29 is 9.53 Å². The van der Waals surface area contributed by atoms with Gasteiger partial charge in [0, 0.05) is 36.1 Å². The van der Waals surface area contributed by atoms with Crippen LogP contribution in [0.25, 0.3) is 22.3 Å². The molecule has 0 unspecified atom stereocenters. The summed E-state index contributed by atoms with van der Waals surface area (Å²) in [7, 11) is 1.62. The van der Waals surface area contributed by atoms with Gasteiger partial charge in [0.05, 0.1) is 12.6 Å². The highest BCUT2D eigenvalue weighted by Crippen LogP contribution is 2.29. The SMILES string of the molecule is COc1ccc(NC(=O)CCN(Cc2ccccc2)c2nc(-c3ccccc3)nc3ccccc23)cc1. The molecule has 6 heteroatoms. The van der Waals surface area contributed by atoms with Gasteiger partial charge in [0.25, 0.3) is 0 Å². The molecule has 1 aromatic heterocycles. The number of rotatable bonds is 9. The highest BCUT2D eigenvalue weighted by atomic mass is 16.5. The van der Waals surface area contributed by atoms with E-state index in [0.29, 0.717) is 25.3 Å². The molecule has 0 aliphatic carbocycles. The van der Waals surface area contributed by atoms with Crippen LogP contribution in [-0.4, -0.2) is 29.5 Å². The third-order valence-corrected chi connectivity index (χ3v) is 6.11. The monoisotopic (exact) mass is 488 g/mol. The predicted octanol–water partition coefficient (Wildman–Crippen LogP) is 6.34. The number of carbonyl (C=O) groups excluding carboxylic acids is 1. The average molecular weight is 489 g/mol. The van der Waals surface area contributed by atoms with Crippen molar-refractivity contribution in [1.82, 2.24) is 9.97 Å². The number of anilines is 2. The Kier molecular flexibility index (Phi) is 7.36. The van der Waals surface area contributed by atoms with Crippen molar-refractivity contribution in [3.63, 3.8) is 0 Å². The molecular weight excluding hydrogens is 460 g/mol. The smallest absolute Gasteiger partial charge is 0.226 e. The summed E-state index contributed by atoms with van der Waals surface area (Å²) in [6.07, 6.45) is 0.303. The highest BCUT2D eigenvalue weighted by molar-refractivity contribution is 5.93. The van der Waals surface area contributed by atoms with Gasteiger partial charge in [0.15, 0.2) is 5.82 Å². The molecule has 5 rings (SSSR count). The lowest BCUT2D eigenvalue weighted by Gasteiger charge is -2.25. The molecule has 0 atom stereocenters. The number of nitrogens with zero attached hydrogens (tertiary/aromatic N) is 3. The number of hydrogen-bond donors (Lipinski definition) is 1. The molecule has 5 aromatic rings. The topological polar surface area (TPSA) is 67.3 Å². The van der Waals surface area contributed by atoms with Crippen LogP contribution in [0.5, 0.6) is 5.75 Å². The Hall–Kier alpha value is -4.71. The van der Waals surface area contributed by atoms with Gasteiger partial charge >= 0.3 is 0 Å². The fourth-order valence-electron chi connectivity index (χ4n) is 4.22. The van der Waals surface area contributed by atoms with Gasteiger partial charge in [-0.1, -0.05) is 72.8 Å². The lowest BCUT2D eigenvalue weighted by atomic mass is 10.1. The van der Waals surface area contributed by atoms with Crippen LogP contribution < -0.4 is 15.0 Å². The van der Waals surface area contributed by atoms with E-state index >= 15 is 0 Å². The maximum Gasteiger partial charge on any atom is 0.226 e. The summed E-state index contributed by atoms with van der Waals surface area (Å²) < 4.78 is 5.20. The first-order valence-electron chi connectivity index (χ1n) is 12.2. The maximum absolute atomic E-state index is 12.9. The molecule has 1 heterocycles. The Bertz CT molecular complexity index is 1470. The lowest BCUT2D eigenvalue weighted by molar-refractivity contribution is -0.116. The third-order valence-electron chi connectivity index (χ3n) is 6.11. The fourth-order valence-corrected chi connectivity index (χ4v) is 4.22. The molecule has 0 aliphatic rings. The summed E-state index contributed by atoms with van der Waals surface area (Å²) in [6, 6.07) is 35.6. The molecule has 1 N–H and O–H groups in total. The first-order chi connectivity index (χ1) is 18.2. The van der Waals surface area contributed by atoms with Crippen LogP contribution in [0.2, 0.25) is 0 Å². The first kappa shape index (κ1) is 24.0. The van der Waals surface area contributed by atoms with Crippen molar-refractivity contribution in [3.8, 4) is 17.1 Å². The molecule has 0 aliphatic heterocycles. The average Bonchev–Trinajstić information content (AvgIpc) is 2.96. The number of hydrogen-bond acceptors (Lipinski definition) is 5. The third kappa shape index (κ3) is 5.93. The van der Waals surface area contributed by atoms with E-state index < -0.39 is 0 Å². The summed E-state index contributed by atoms with van der Waals surface area (Å²) in [5.41, 5.74) is 3.69. The van der Waals surface area contributed by atoms with Gasteiger partial charge in [0.2, 0.25) is 5.91 Å². The van der Waals surface area contributed by atoms with Crippen LogP contribution in [-0.2, 0) is 11.3 Å². The molecule has 37 heavy (non-hydrogen) atoms. The molecule has 0 saturated carbocycles. The Labute approximate surface area is 216 Å². The van der Waals surface area contributed by atoms with Crippen molar-refractivity contribution in [1.29, 1.82) is 0 Å². The minimum absolute atomic E-state index is 0.0649. The normalized spacial score (nSPS) is 10.7. The van der Waals surface area contributed by atoms with Crippen molar-refractivity contribution >= 4 is 28.3 Å². The zero-order valence-electron chi connectivity index (χ0n) is 20.7.